The van der Waals surface area contributed by atoms with Crippen LogP contribution < -0.4 is 0 Å². The SMILES string of the molecule is CCOC(=O)c1cc(Br)c(O)c(C=Nc2sc3c(c2Br)CCN(C)C3)c1. The van der Waals surface area contributed by atoms with Crippen molar-refractivity contribution >= 4 is 60.4 Å². The summed E-state index contributed by atoms with van der Waals surface area (Å²) in [6, 6.07) is 3.12. The summed E-state index contributed by atoms with van der Waals surface area (Å²) in [6.45, 7) is 4.00. The Kier molecular flexibility index (Phi) is 6.17. The zero-order valence-electron chi connectivity index (χ0n) is 14.4. The van der Waals surface area contributed by atoms with E-state index in [2.05, 4.69) is 48.8 Å². The van der Waals surface area contributed by atoms with E-state index >= 15 is 0 Å². The van der Waals surface area contributed by atoms with Crippen LogP contribution in [0.25, 0.3) is 0 Å². The third-order valence-electron chi connectivity index (χ3n) is 4.09. The molecule has 5 nitrogen and oxygen atoms in total. The number of phenolic OH excluding ortho intramolecular Hbond substituents is 1. The fourth-order valence-corrected chi connectivity index (χ4v) is 5.29. The van der Waals surface area contributed by atoms with Gasteiger partial charge in [-0.25, -0.2) is 9.79 Å². The maximum atomic E-state index is 12.0. The van der Waals surface area contributed by atoms with E-state index in [1.54, 1.807) is 36.6 Å². The predicted molar refractivity (Wildman–Crippen MR) is 111 cm³/mol. The van der Waals surface area contributed by atoms with Gasteiger partial charge in [0.15, 0.2) is 0 Å². The number of aromatic hydroxyl groups is 1. The van der Waals surface area contributed by atoms with E-state index in [4.69, 9.17) is 4.74 Å². The van der Waals surface area contributed by atoms with Gasteiger partial charge in [0.05, 0.1) is 21.1 Å². The molecule has 0 saturated heterocycles. The van der Waals surface area contributed by atoms with Gasteiger partial charge in [0, 0.05) is 29.7 Å². The lowest BCUT2D eigenvalue weighted by molar-refractivity contribution is 0.0526. The van der Waals surface area contributed by atoms with Gasteiger partial charge in [-0.3, -0.25) is 0 Å². The van der Waals surface area contributed by atoms with Gasteiger partial charge in [0.1, 0.15) is 10.8 Å². The van der Waals surface area contributed by atoms with Crippen molar-refractivity contribution in [3.63, 3.8) is 0 Å². The van der Waals surface area contributed by atoms with Gasteiger partial charge >= 0.3 is 5.97 Å². The second-order valence-electron chi connectivity index (χ2n) is 5.99. The standard InChI is InChI=1S/C18H18Br2N2O3S/c1-3-25-18(24)10-6-11(16(23)13(19)7-10)8-21-17-15(20)12-4-5-22(2)9-14(12)26-17/h6-8,23H,3-5,9H2,1-2H3. The predicted octanol–water partition coefficient (Wildman–Crippen LogP) is 4.89. The zero-order valence-corrected chi connectivity index (χ0v) is 18.4. The summed E-state index contributed by atoms with van der Waals surface area (Å²) >= 11 is 8.57. The third kappa shape index (κ3) is 4.03. The summed E-state index contributed by atoms with van der Waals surface area (Å²) in [5, 5.41) is 11.1. The van der Waals surface area contributed by atoms with Crippen LogP contribution in [0.3, 0.4) is 0 Å². The molecule has 1 aliphatic rings. The second kappa shape index (κ2) is 8.21. The molecule has 0 radical (unpaired) electrons. The Morgan fingerprint density at radius 2 is 2.23 bits per heavy atom. The number of benzene rings is 1. The van der Waals surface area contributed by atoms with Gasteiger partial charge < -0.3 is 14.7 Å². The molecule has 0 spiro atoms. The molecule has 1 N–H and O–H groups in total. The van der Waals surface area contributed by atoms with Crippen molar-refractivity contribution in [1.29, 1.82) is 0 Å². The number of carbonyl (C=O) groups excluding carboxylic acids is 1. The molecule has 0 fully saturated rings. The molecule has 2 aromatic rings. The van der Waals surface area contributed by atoms with Crippen LogP contribution in [0.4, 0.5) is 5.00 Å². The molecular weight excluding hydrogens is 484 g/mol. The summed E-state index contributed by atoms with van der Waals surface area (Å²) in [5.74, 6) is -0.391. The summed E-state index contributed by atoms with van der Waals surface area (Å²) < 4.78 is 6.47. The second-order valence-corrected chi connectivity index (χ2v) is 8.72. The Balaban J connectivity index is 1.92. The molecule has 138 valence electrons. The Bertz CT molecular complexity index is 880. The number of halogens is 2. The molecule has 0 amide bonds. The number of hydrogen-bond donors (Lipinski definition) is 1. The molecule has 1 aliphatic heterocycles. The van der Waals surface area contributed by atoms with E-state index in [0.717, 1.165) is 29.0 Å². The minimum atomic E-state index is -0.432. The molecule has 26 heavy (non-hydrogen) atoms. The molecule has 0 saturated carbocycles. The fourth-order valence-electron chi connectivity index (χ4n) is 2.74. The van der Waals surface area contributed by atoms with Gasteiger partial charge in [-0.15, -0.1) is 11.3 Å². The zero-order chi connectivity index (χ0) is 18.8. The van der Waals surface area contributed by atoms with Gasteiger partial charge in [-0.2, -0.15) is 0 Å². The van der Waals surface area contributed by atoms with Crippen molar-refractivity contribution in [3.8, 4) is 5.75 Å². The van der Waals surface area contributed by atoms with E-state index in [-0.39, 0.29) is 5.75 Å². The molecular formula is C18H18Br2N2O3S. The third-order valence-corrected chi connectivity index (χ3v) is 6.94. The fraction of sp³-hybridized carbons (Fsp3) is 0.333. The minimum absolute atomic E-state index is 0.0407. The highest BCUT2D eigenvalue weighted by Crippen LogP contribution is 2.42. The number of esters is 1. The number of fused-ring (bicyclic) bond motifs is 1. The first-order valence-electron chi connectivity index (χ1n) is 8.13. The summed E-state index contributed by atoms with van der Waals surface area (Å²) in [7, 11) is 2.11. The number of carbonyl (C=O) groups is 1. The average Bonchev–Trinajstić information content (AvgIpc) is 2.91. The maximum Gasteiger partial charge on any atom is 0.338 e. The Hall–Kier alpha value is -1.22. The molecule has 8 heteroatoms. The molecule has 2 heterocycles. The van der Waals surface area contributed by atoms with E-state index in [1.807, 2.05) is 0 Å². The smallest absolute Gasteiger partial charge is 0.338 e. The highest BCUT2D eigenvalue weighted by atomic mass is 79.9. The van der Waals surface area contributed by atoms with Crippen molar-refractivity contribution in [2.75, 3.05) is 20.2 Å². The number of rotatable bonds is 4. The van der Waals surface area contributed by atoms with Gasteiger partial charge in [0.2, 0.25) is 0 Å². The number of aliphatic imine (C=N–C) groups is 1. The van der Waals surface area contributed by atoms with Gasteiger partial charge in [-0.1, -0.05) is 0 Å². The van der Waals surface area contributed by atoms with Crippen LogP contribution in [-0.4, -0.2) is 42.4 Å². The highest BCUT2D eigenvalue weighted by Gasteiger charge is 2.21. The lowest BCUT2D eigenvalue weighted by Gasteiger charge is -2.21. The first-order chi connectivity index (χ1) is 12.4. The highest BCUT2D eigenvalue weighted by molar-refractivity contribution is 9.11. The minimum Gasteiger partial charge on any atom is -0.506 e. The first-order valence-corrected chi connectivity index (χ1v) is 10.5. The van der Waals surface area contributed by atoms with E-state index in [9.17, 15) is 9.90 Å². The number of ether oxygens (including phenoxy) is 1. The quantitative estimate of drug-likeness (QED) is 0.478. The van der Waals surface area contributed by atoms with Crippen LogP contribution in [0.1, 0.15) is 33.3 Å². The van der Waals surface area contributed by atoms with Crippen LogP contribution in [0.2, 0.25) is 0 Å². The molecule has 0 bridgehead atoms. The largest absolute Gasteiger partial charge is 0.506 e. The van der Waals surface area contributed by atoms with E-state index in [0.29, 0.717) is 22.2 Å². The summed E-state index contributed by atoms with van der Waals surface area (Å²) in [6.07, 6.45) is 2.57. The van der Waals surface area contributed by atoms with Crippen LogP contribution in [0.15, 0.2) is 26.1 Å². The van der Waals surface area contributed by atoms with Crippen molar-refractivity contribution in [2.45, 2.75) is 19.9 Å². The maximum absolute atomic E-state index is 12.0. The van der Waals surface area contributed by atoms with Crippen LogP contribution in [-0.2, 0) is 17.7 Å². The summed E-state index contributed by atoms with van der Waals surface area (Å²) in [4.78, 5) is 20.1. The number of hydrogen-bond acceptors (Lipinski definition) is 6. The number of thiophene rings is 1. The van der Waals surface area contributed by atoms with E-state index in [1.165, 1.54) is 10.4 Å². The Labute approximate surface area is 173 Å². The van der Waals surface area contributed by atoms with Crippen LogP contribution >= 0.6 is 43.2 Å². The topological polar surface area (TPSA) is 62.1 Å². The molecule has 1 aromatic carbocycles. The van der Waals surface area contributed by atoms with Crippen molar-refractivity contribution < 1.29 is 14.6 Å². The summed E-state index contributed by atoms with van der Waals surface area (Å²) in [5.41, 5.74) is 2.13. The monoisotopic (exact) mass is 500 g/mol. The molecule has 0 unspecified atom stereocenters. The average molecular weight is 502 g/mol. The van der Waals surface area contributed by atoms with Crippen LogP contribution in [0.5, 0.6) is 5.75 Å². The molecule has 0 aliphatic carbocycles. The van der Waals surface area contributed by atoms with Crippen LogP contribution in [0, 0.1) is 0 Å². The molecule has 1 aromatic heterocycles. The van der Waals surface area contributed by atoms with Gasteiger partial charge in [-0.05, 0) is 69.9 Å². The Morgan fingerprint density at radius 1 is 1.46 bits per heavy atom. The van der Waals surface area contributed by atoms with Crippen molar-refractivity contribution in [1.82, 2.24) is 4.90 Å². The Morgan fingerprint density at radius 3 is 2.96 bits per heavy atom. The molecule has 3 rings (SSSR count). The van der Waals surface area contributed by atoms with Crippen molar-refractivity contribution in [2.24, 2.45) is 4.99 Å². The van der Waals surface area contributed by atoms with Gasteiger partial charge in [0.25, 0.3) is 0 Å². The number of likely N-dealkylation sites (N-methyl/N-ethyl adjacent to an activating group) is 1. The lowest BCUT2D eigenvalue weighted by atomic mass is 10.1. The normalized spacial score (nSPS) is 14.6. The first kappa shape index (κ1) is 19.5. The number of phenols is 1. The van der Waals surface area contributed by atoms with E-state index < -0.39 is 5.97 Å². The lowest BCUT2D eigenvalue weighted by Crippen LogP contribution is -2.25. The number of nitrogens with zero attached hydrogens (tertiary/aromatic N) is 2. The molecule has 0 atom stereocenters. The van der Waals surface area contributed by atoms with Crippen molar-refractivity contribution in [3.05, 3.63) is 42.6 Å².